The highest BCUT2D eigenvalue weighted by Crippen LogP contribution is 2.10. The van der Waals surface area contributed by atoms with Gasteiger partial charge in [0.15, 0.2) is 0 Å². The van der Waals surface area contributed by atoms with Crippen molar-refractivity contribution in [1.82, 2.24) is 4.90 Å². The number of aliphatic hydroxyl groups excluding tert-OH is 1. The molecule has 0 spiro atoms. The van der Waals surface area contributed by atoms with Gasteiger partial charge < -0.3 is 15.7 Å². The molecule has 1 saturated heterocycles. The average Bonchev–Trinajstić information content (AvgIpc) is 2.19. The zero-order chi connectivity index (χ0) is 10.6. The minimum absolute atomic E-state index is 0.184. The third-order valence-electron chi connectivity index (χ3n) is 2.41. The quantitative estimate of drug-likeness (QED) is 0.627. The molecule has 80 valence electrons. The van der Waals surface area contributed by atoms with E-state index in [1.165, 1.54) is 0 Å². The van der Waals surface area contributed by atoms with Crippen molar-refractivity contribution >= 4 is 11.8 Å². The summed E-state index contributed by atoms with van der Waals surface area (Å²) in [6.07, 6.45) is 1.61. The van der Waals surface area contributed by atoms with Crippen molar-refractivity contribution < 1.29 is 14.7 Å². The smallest absolute Gasteiger partial charge is 0.246 e. The number of nitrogens with zero attached hydrogens (tertiary/aromatic N) is 1. The van der Waals surface area contributed by atoms with Crippen molar-refractivity contribution in [2.75, 3.05) is 13.1 Å². The van der Waals surface area contributed by atoms with Gasteiger partial charge >= 0.3 is 0 Å². The number of aliphatic hydroxyl groups is 1. The Morgan fingerprint density at radius 1 is 1.29 bits per heavy atom. The Labute approximate surface area is 82.9 Å². The number of hydrogen-bond donors (Lipinski definition) is 2. The Hall–Kier alpha value is -1.10. The van der Waals surface area contributed by atoms with Crippen LogP contribution < -0.4 is 5.73 Å². The summed E-state index contributed by atoms with van der Waals surface area (Å²) in [7, 11) is 0. The van der Waals surface area contributed by atoms with Gasteiger partial charge in [-0.05, 0) is 19.3 Å². The molecule has 0 bridgehead atoms. The fourth-order valence-electron chi connectivity index (χ4n) is 1.54. The molecule has 0 aliphatic carbocycles. The number of carbonyl (C=O) groups is 2. The molecular weight excluding hydrogens is 184 g/mol. The lowest BCUT2D eigenvalue weighted by Crippen LogP contribution is -2.40. The molecule has 0 aromatic heterocycles. The predicted octanol–water partition coefficient (Wildman–Crippen LogP) is -0.765. The number of carbonyl (C=O) groups excluding carboxylic acids is 2. The van der Waals surface area contributed by atoms with Crippen LogP contribution in [0.1, 0.15) is 25.7 Å². The molecule has 1 aliphatic rings. The normalized spacial score (nSPS) is 19.1. The summed E-state index contributed by atoms with van der Waals surface area (Å²) in [5.41, 5.74) is 4.85. The highest BCUT2D eigenvalue weighted by Gasteiger charge is 2.21. The molecular formula is C9H16N2O3. The first-order valence-corrected chi connectivity index (χ1v) is 4.86. The van der Waals surface area contributed by atoms with Crippen LogP contribution in [0.15, 0.2) is 0 Å². The molecule has 1 rings (SSSR count). The van der Waals surface area contributed by atoms with Gasteiger partial charge in [0.05, 0.1) is 6.42 Å². The first kappa shape index (κ1) is 11.0. The van der Waals surface area contributed by atoms with Crippen LogP contribution in [0.25, 0.3) is 0 Å². The lowest BCUT2D eigenvalue weighted by atomic mass is 10.1. The summed E-state index contributed by atoms with van der Waals surface area (Å²) in [5, 5.41) is 9.11. The van der Waals surface area contributed by atoms with E-state index in [4.69, 9.17) is 10.8 Å². The number of piperidine rings is 1. The van der Waals surface area contributed by atoms with Crippen molar-refractivity contribution in [3.8, 4) is 0 Å². The van der Waals surface area contributed by atoms with E-state index in [0.717, 1.165) is 32.4 Å². The van der Waals surface area contributed by atoms with E-state index in [0.29, 0.717) is 0 Å². The van der Waals surface area contributed by atoms with Crippen LogP contribution >= 0.6 is 0 Å². The number of amides is 2. The van der Waals surface area contributed by atoms with Crippen molar-refractivity contribution in [1.29, 1.82) is 0 Å². The van der Waals surface area contributed by atoms with Crippen molar-refractivity contribution in [2.45, 2.75) is 31.8 Å². The monoisotopic (exact) mass is 200 g/mol. The van der Waals surface area contributed by atoms with Gasteiger partial charge in [-0.1, -0.05) is 0 Å². The third-order valence-corrected chi connectivity index (χ3v) is 2.41. The maximum Gasteiger partial charge on any atom is 0.246 e. The molecule has 0 aromatic rings. The number of primary amides is 1. The SMILES string of the molecule is NC(=O)C(O)CC(=O)N1CCCCC1. The van der Waals surface area contributed by atoms with E-state index in [1.54, 1.807) is 4.90 Å². The second-order valence-electron chi connectivity index (χ2n) is 3.56. The van der Waals surface area contributed by atoms with E-state index in [-0.39, 0.29) is 12.3 Å². The minimum Gasteiger partial charge on any atom is -0.383 e. The molecule has 0 saturated carbocycles. The molecule has 5 heteroatoms. The van der Waals surface area contributed by atoms with Gasteiger partial charge in [0.2, 0.25) is 11.8 Å². The molecule has 1 heterocycles. The molecule has 0 radical (unpaired) electrons. The van der Waals surface area contributed by atoms with Crippen molar-refractivity contribution in [3.05, 3.63) is 0 Å². The summed E-state index contributed by atoms with van der Waals surface area (Å²) in [5.74, 6) is -1.02. The molecule has 1 unspecified atom stereocenters. The maximum atomic E-state index is 11.5. The fraction of sp³-hybridized carbons (Fsp3) is 0.778. The summed E-state index contributed by atoms with van der Waals surface area (Å²) in [4.78, 5) is 23.7. The van der Waals surface area contributed by atoms with Gasteiger partial charge in [0, 0.05) is 13.1 Å². The zero-order valence-corrected chi connectivity index (χ0v) is 8.11. The summed E-state index contributed by atoms with van der Waals surface area (Å²) < 4.78 is 0. The second-order valence-corrected chi connectivity index (χ2v) is 3.56. The van der Waals surface area contributed by atoms with Gasteiger partial charge in [-0.2, -0.15) is 0 Å². The Morgan fingerprint density at radius 3 is 2.36 bits per heavy atom. The van der Waals surface area contributed by atoms with Gasteiger partial charge in [-0.3, -0.25) is 9.59 Å². The van der Waals surface area contributed by atoms with Gasteiger partial charge in [-0.15, -0.1) is 0 Å². The first-order chi connectivity index (χ1) is 6.61. The van der Waals surface area contributed by atoms with Crippen LogP contribution in [0.2, 0.25) is 0 Å². The first-order valence-electron chi connectivity index (χ1n) is 4.86. The predicted molar refractivity (Wildman–Crippen MR) is 50.2 cm³/mol. The lowest BCUT2D eigenvalue weighted by Gasteiger charge is -2.27. The Balaban J connectivity index is 2.36. The fourth-order valence-corrected chi connectivity index (χ4v) is 1.54. The van der Waals surface area contributed by atoms with Gasteiger partial charge in [0.25, 0.3) is 0 Å². The van der Waals surface area contributed by atoms with E-state index < -0.39 is 12.0 Å². The van der Waals surface area contributed by atoms with E-state index >= 15 is 0 Å². The van der Waals surface area contributed by atoms with Crippen LogP contribution in [-0.4, -0.2) is 41.0 Å². The van der Waals surface area contributed by atoms with Crippen LogP contribution in [0, 0.1) is 0 Å². The average molecular weight is 200 g/mol. The number of nitrogens with two attached hydrogens (primary N) is 1. The molecule has 3 N–H and O–H groups in total. The third kappa shape index (κ3) is 2.99. The van der Waals surface area contributed by atoms with E-state index in [9.17, 15) is 9.59 Å². The Morgan fingerprint density at radius 2 is 1.86 bits per heavy atom. The summed E-state index contributed by atoms with van der Waals surface area (Å²) in [6.45, 7) is 1.45. The molecule has 1 aliphatic heterocycles. The number of likely N-dealkylation sites (tertiary alicyclic amines) is 1. The van der Waals surface area contributed by atoms with Crippen LogP contribution in [0.3, 0.4) is 0 Å². The van der Waals surface area contributed by atoms with Gasteiger partial charge in [-0.25, -0.2) is 0 Å². The molecule has 5 nitrogen and oxygen atoms in total. The van der Waals surface area contributed by atoms with E-state index in [2.05, 4.69) is 0 Å². The number of rotatable bonds is 3. The zero-order valence-electron chi connectivity index (χ0n) is 8.11. The van der Waals surface area contributed by atoms with Crippen LogP contribution in [0.5, 0.6) is 0 Å². The standard InChI is InChI=1S/C9H16N2O3/c10-9(14)7(12)6-8(13)11-4-2-1-3-5-11/h7,12H,1-6H2,(H2,10,14). The van der Waals surface area contributed by atoms with Crippen LogP contribution in [0.4, 0.5) is 0 Å². The summed E-state index contributed by atoms with van der Waals surface area (Å²) >= 11 is 0. The van der Waals surface area contributed by atoms with Crippen molar-refractivity contribution in [3.63, 3.8) is 0 Å². The maximum absolute atomic E-state index is 11.5. The van der Waals surface area contributed by atoms with Gasteiger partial charge in [0.1, 0.15) is 6.10 Å². The largest absolute Gasteiger partial charge is 0.383 e. The molecule has 0 aromatic carbocycles. The van der Waals surface area contributed by atoms with E-state index in [1.807, 2.05) is 0 Å². The Bertz CT molecular complexity index is 224. The topological polar surface area (TPSA) is 83.6 Å². The Kier molecular flexibility index (Phi) is 3.88. The highest BCUT2D eigenvalue weighted by atomic mass is 16.3. The lowest BCUT2D eigenvalue weighted by molar-refractivity contribution is -0.138. The highest BCUT2D eigenvalue weighted by molar-refractivity contribution is 5.86. The summed E-state index contributed by atoms with van der Waals surface area (Å²) in [6, 6.07) is 0. The van der Waals surface area contributed by atoms with Crippen LogP contribution in [-0.2, 0) is 9.59 Å². The molecule has 14 heavy (non-hydrogen) atoms. The molecule has 1 fully saturated rings. The second kappa shape index (κ2) is 4.95. The number of hydrogen-bond acceptors (Lipinski definition) is 3. The minimum atomic E-state index is -1.34. The molecule has 2 amide bonds. The molecule has 1 atom stereocenters. The van der Waals surface area contributed by atoms with Crippen molar-refractivity contribution in [2.24, 2.45) is 5.73 Å².